The van der Waals surface area contributed by atoms with Crippen molar-refractivity contribution in [3.05, 3.63) is 48.3 Å². The second kappa shape index (κ2) is 10.6. The largest absolute Gasteiger partial charge is 1.00 e. The summed E-state index contributed by atoms with van der Waals surface area (Å²) in [7, 11) is 0. The molecule has 0 aromatic carbocycles. The van der Waals surface area contributed by atoms with Crippen molar-refractivity contribution in [3.8, 4) is 11.8 Å². The molecule has 2 nitrogen and oxygen atoms in total. The fourth-order valence-corrected chi connectivity index (χ4v) is 1.47. The van der Waals surface area contributed by atoms with Gasteiger partial charge in [0.05, 0.1) is 5.78 Å². The quantitative estimate of drug-likeness (QED) is 0.441. The SMILES string of the molecule is [C-]#CC(=O)CCC1=CC=CC=C(C(=O)C#[C-])C1.[Cu+].[Cu+]. The number of carbonyl (C=O) groups is 2. The van der Waals surface area contributed by atoms with Gasteiger partial charge in [-0.15, -0.1) is 0 Å². The Hall–Kier alpha value is -1.28. The van der Waals surface area contributed by atoms with Gasteiger partial charge in [-0.05, 0) is 19.3 Å². The Kier molecular flexibility index (Phi) is 11.2. The van der Waals surface area contributed by atoms with Crippen molar-refractivity contribution in [3.63, 3.8) is 0 Å². The molecule has 0 bridgehead atoms. The Morgan fingerprint density at radius 2 is 1.74 bits per heavy atom. The molecule has 0 fully saturated rings. The van der Waals surface area contributed by atoms with Crippen LogP contribution < -0.4 is 0 Å². The molecule has 0 N–H and O–H groups in total. The van der Waals surface area contributed by atoms with Gasteiger partial charge >= 0.3 is 34.1 Å². The van der Waals surface area contributed by atoms with Crippen LogP contribution in [0, 0.1) is 24.7 Å². The van der Waals surface area contributed by atoms with Gasteiger partial charge in [0.25, 0.3) is 0 Å². The Bertz CT molecular complexity index is 511. The minimum atomic E-state index is -0.438. The average molecular weight is 349 g/mol. The number of hydrogen-bond donors (Lipinski definition) is 0. The molecule has 0 aromatic heterocycles. The van der Waals surface area contributed by atoms with Gasteiger partial charge in [-0.25, -0.2) is 0 Å². The summed E-state index contributed by atoms with van der Waals surface area (Å²) in [6.07, 6.45) is 21.6. The number of rotatable bonds is 4. The van der Waals surface area contributed by atoms with Crippen LogP contribution in [0.5, 0.6) is 0 Å². The minimum Gasteiger partial charge on any atom is -0.397 e. The molecule has 0 amide bonds. The molecule has 0 spiro atoms. The Balaban J connectivity index is 0. The van der Waals surface area contributed by atoms with E-state index in [0.717, 1.165) is 5.57 Å². The summed E-state index contributed by atoms with van der Waals surface area (Å²) in [5, 5.41) is 0. The van der Waals surface area contributed by atoms with Crippen LogP contribution in [0.1, 0.15) is 19.3 Å². The maximum atomic E-state index is 11.3. The number of hydrogen-bond acceptors (Lipinski definition) is 2. The third-order valence-corrected chi connectivity index (χ3v) is 2.38. The van der Waals surface area contributed by atoms with Crippen molar-refractivity contribution in [2.75, 3.05) is 0 Å². The minimum absolute atomic E-state index is 0. The molecule has 0 saturated carbocycles. The molecule has 19 heavy (non-hydrogen) atoms. The van der Waals surface area contributed by atoms with Gasteiger partial charge in [-0.3, -0.25) is 11.8 Å². The van der Waals surface area contributed by atoms with Crippen molar-refractivity contribution in [2.24, 2.45) is 0 Å². The molecule has 0 saturated heterocycles. The Morgan fingerprint density at radius 3 is 2.32 bits per heavy atom. The van der Waals surface area contributed by atoms with E-state index in [1.165, 1.54) is 0 Å². The van der Waals surface area contributed by atoms with Gasteiger partial charge in [0.2, 0.25) is 0 Å². The molecule has 1 aliphatic rings. The molecule has 1 aliphatic carbocycles. The van der Waals surface area contributed by atoms with Crippen LogP contribution in [0.3, 0.4) is 0 Å². The van der Waals surface area contributed by atoms with E-state index in [2.05, 4.69) is 0 Å². The summed E-state index contributed by atoms with van der Waals surface area (Å²) in [4.78, 5) is 22.3. The van der Waals surface area contributed by atoms with E-state index in [4.69, 9.17) is 12.8 Å². The van der Waals surface area contributed by atoms with E-state index in [1.54, 1.807) is 18.2 Å². The van der Waals surface area contributed by atoms with E-state index < -0.39 is 5.78 Å². The smallest absolute Gasteiger partial charge is 0.397 e. The van der Waals surface area contributed by atoms with E-state index in [1.807, 2.05) is 17.9 Å². The second-order valence-corrected chi connectivity index (χ2v) is 3.58. The maximum absolute atomic E-state index is 11.3. The zero-order valence-electron chi connectivity index (χ0n) is 9.85. The van der Waals surface area contributed by atoms with Gasteiger partial charge in [0, 0.05) is 5.78 Å². The summed E-state index contributed by atoms with van der Waals surface area (Å²) >= 11 is 0. The van der Waals surface area contributed by atoms with E-state index >= 15 is 0 Å². The van der Waals surface area contributed by atoms with Crippen molar-refractivity contribution >= 4 is 11.6 Å². The molecule has 4 heteroatoms. The van der Waals surface area contributed by atoms with Crippen LogP contribution in [0.25, 0.3) is 0 Å². The summed E-state index contributed by atoms with van der Waals surface area (Å²) in [6.45, 7) is 0. The van der Waals surface area contributed by atoms with Crippen LogP contribution in [-0.4, -0.2) is 11.6 Å². The fraction of sp³-hybridized carbons (Fsp3) is 0.200. The first-order valence-electron chi connectivity index (χ1n) is 5.15. The van der Waals surface area contributed by atoms with Crippen LogP contribution in [-0.2, 0) is 43.7 Å². The molecular formula is C15H10Cu2O2. The van der Waals surface area contributed by atoms with Gasteiger partial charge in [-0.2, -0.15) is 0 Å². The topological polar surface area (TPSA) is 34.1 Å². The van der Waals surface area contributed by atoms with E-state index in [9.17, 15) is 9.59 Å². The predicted molar refractivity (Wildman–Crippen MR) is 63.4 cm³/mol. The molecule has 0 aromatic rings. The predicted octanol–water partition coefficient (Wildman–Crippen LogP) is 1.89. The third kappa shape index (κ3) is 7.02. The summed E-state index contributed by atoms with van der Waals surface area (Å²) in [5.74, 6) is 2.85. The molecular weight excluding hydrogens is 339 g/mol. The second-order valence-electron chi connectivity index (χ2n) is 3.58. The Morgan fingerprint density at radius 1 is 1.11 bits per heavy atom. The molecule has 0 aliphatic heterocycles. The monoisotopic (exact) mass is 348 g/mol. The number of Topliss-reactive ketones (excluding diaryl/α,β-unsaturated/α-hetero) is 2. The van der Waals surface area contributed by atoms with Crippen LogP contribution in [0.2, 0.25) is 0 Å². The molecule has 0 heterocycles. The summed E-state index contributed by atoms with van der Waals surface area (Å²) in [5.41, 5.74) is 1.42. The summed E-state index contributed by atoms with van der Waals surface area (Å²) < 4.78 is 0. The molecule has 104 valence electrons. The molecule has 1 rings (SSSR count). The van der Waals surface area contributed by atoms with Crippen molar-refractivity contribution in [2.45, 2.75) is 19.3 Å². The first kappa shape index (κ1) is 20.0. The zero-order chi connectivity index (χ0) is 12.7. The van der Waals surface area contributed by atoms with Gasteiger partial charge in [-0.1, -0.05) is 35.5 Å². The van der Waals surface area contributed by atoms with Crippen LogP contribution in [0.4, 0.5) is 0 Å². The van der Waals surface area contributed by atoms with Gasteiger partial charge < -0.3 is 22.4 Å². The maximum Gasteiger partial charge on any atom is 1.00 e. The van der Waals surface area contributed by atoms with Gasteiger partial charge in [0.15, 0.2) is 0 Å². The normalized spacial score (nSPS) is 12.3. The average Bonchev–Trinajstić information content (AvgIpc) is 2.60. The Labute approximate surface area is 134 Å². The van der Waals surface area contributed by atoms with E-state index in [-0.39, 0.29) is 46.3 Å². The fourth-order valence-electron chi connectivity index (χ4n) is 1.47. The van der Waals surface area contributed by atoms with Gasteiger partial charge in [0.1, 0.15) is 0 Å². The first-order valence-corrected chi connectivity index (χ1v) is 5.15. The molecule has 0 radical (unpaired) electrons. The number of allylic oxidation sites excluding steroid dienone is 6. The van der Waals surface area contributed by atoms with Crippen molar-refractivity contribution < 1.29 is 43.7 Å². The number of ketones is 2. The van der Waals surface area contributed by atoms with E-state index in [0.29, 0.717) is 18.4 Å². The van der Waals surface area contributed by atoms with Crippen molar-refractivity contribution in [1.29, 1.82) is 0 Å². The summed E-state index contributed by atoms with van der Waals surface area (Å²) in [6, 6.07) is 0. The standard InChI is InChI=1S/C15H10O2.2Cu/c1-3-14(16)10-9-12-7-5-6-8-13(11-12)15(17)4-2;;/h5-8H,9-11H2;;/q-2;2*+1. The zero-order valence-corrected chi connectivity index (χ0v) is 11.7. The number of carbonyl (C=O) groups excluding carboxylic acids is 2. The van der Waals surface area contributed by atoms with Crippen LogP contribution >= 0.6 is 0 Å². The van der Waals surface area contributed by atoms with Crippen LogP contribution in [0.15, 0.2) is 35.5 Å². The van der Waals surface area contributed by atoms with Crippen molar-refractivity contribution in [1.82, 2.24) is 0 Å². The first-order chi connectivity index (χ1) is 8.17. The molecule has 0 unspecified atom stereocenters. The molecule has 0 atom stereocenters. The third-order valence-electron chi connectivity index (χ3n) is 2.38.